The minimum atomic E-state index is -0.283. The van der Waals surface area contributed by atoms with E-state index in [1.165, 1.54) is 0 Å². The molecule has 2 rings (SSSR count). The molecule has 1 aromatic rings. The average molecular weight is 166 g/mol. The molecule has 1 heterocycles. The summed E-state index contributed by atoms with van der Waals surface area (Å²) in [7, 11) is 0. The topological polar surface area (TPSA) is 9.23 Å². The zero-order valence-corrected chi connectivity index (χ0v) is 6.79. The van der Waals surface area contributed by atoms with Crippen molar-refractivity contribution in [3.05, 3.63) is 29.8 Å². The summed E-state index contributed by atoms with van der Waals surface area (Å²) in [5, 5.41) is 0. The van der Waals surface area contributed by atoms with E-state index in [4.69, 9.17) is 4.74 Å². The molecule has 0 spiro atoms. The highest BCUT2D eigenvalue weighted by molar-refractivity contribution is 5.34. The Morgan fingerprint density at radius 3 is 3.08 bits per heavy atom. The largest absolute Gasteiger partial charge is 0.493 e. The van der Waals surface area contributed by atoms with Crippen LogP contribution in [0.15, 0.2) is 24.3 Å². The van der Waals surface area contributed by atoms with Crippen molar-refractivity contribution in [2.45, 2.75) is 6.42 Å². The lowest BCUT2D eigenvalue weighted by Gasteiger charge is -2.22. The van der Waals surface area contributed by atoms with Gasteiger partial charge in [0.15, 0.2) is 0 Å². The molecule has 0 aromatic heterocycles. The van der Waals surface area contributed by atoms with Gasteiger partial charge in [0.25, 0.3) is 0 Å². The molecule has 2 heteroatoms. The van der Waals surface area contributed by atoms with Crippen molar-refractivity contribution in [2.24, 2.45) is 5.92 Å². The van der Waals surface area contributed by atoms with Gasteiger partial charge in [0.05, 0.1) is 13.3 Å². The molecule has 0 saturated heterocycles. The van der Waals surface area contributed by atoms with Crippen LogP contribution in [0.25, 0.3) is 0 Å². The summed E-state index contributed by atoms with van der Waals surface area (Å²) in [6, 6.07) is 7.83. The highest BCUT2D eigenvalue weighted by atomic mass is 19.1. The van der Waals surface area contributed by atoms with Crippen LogP contribution in [0.1, 0.15) is 5.56 Å². The van der Waals surface area contributed by atoms with Crippen molar-refractivity contribution in [1.29, 1.82) is 0 Å². The van der Waals surface area contributed by atoms with Crippen molar-refractivity contribution in [3.8, 4) is 5.75 Å². The van der Waals surface area contributed by atoms with E-state index in [0.717, 1.165) is 17.7 Å². The maximum absolute atomic E-state index is 12.3. The summed E-state index contributed by atoms with van der Waals surface area (Å²) in [5.41, 5.74) is 1.13. The Morgan fingerprint density at radius 2 is 2.25 bits per heavy atom. The Balaban J connectivity index is 2.23. The van der Waals surface area contributed by atoms with Crippen LogP contribution in [0.5, 0.6) is 5.75 Å². The smallest absolute Gasteiger partial charge is 0.122 e. The van der Waals surface area contributed by atoms with Crippen LogP contribution in [0.4, 0.5) is 4.39 Å². The van der Waals surface area contributed by atoms with Gasteiger partial charge in [-0.15, -0.1) is 0 Å². The zero-order chi connectivity index (χ0) is 8.39. The van der Waals surface area contributed by atoms with E-state index in [2.05, 4.69) is 0 Å². The molecule has 0 fully saturated rings. The Kier molecular flexibility index (Phi) is 1.98. The first-order chi connectivity index (χ1) is 5.90. The van der Waals surface area contributed by atoms with E-state index in [9.17, 15) is 4.39 Å². The molecule has 0 aliphatic carbocycles. The fraction of sp³-hybridized carbons (Fsp3) is 0.400. The third-order valence-corrected chi connectivity index (χ3v) is 2.17. The van der Waals surface area contributed by atoms with E-state index in [-0.39, 0.29) is 12.6 Å². The Morgan fingerprint density at radius 1 is 1.42 bits per heavy atom. The summed E-state index contributed by atoms with van der Waals surface area (Å²) >= 11 is 0. The van der Waals surface area contributed by atoms with Gasteiger partial charge < -0.3 is 4.74 Å². The summed E-state index contributed by atoms with van der Waals surface area (Å²) < 4.78 is 17.7. The molecule has 0 N–H and O–H groups in total. The van der Waals surface area contributed by atoms with Crippen LogP contribution in [-0.2, 0) is 6.42 Å². The van der Waals surface area contributed by atoms with Gasteiger partial charge in [-0.2, -0.15) is 0 Å². The SMILES string of the molecule is FCC1COc2ccccc2C1. The highest BCUT2D eigenvalue weighted by Crippen LogP contribution is 2.26. The molecule has 1 aromatic carbocycles. The number of benzene rings is 1. The lowest BCUT2D eigenvalue weighted by Crippen LogP contribution is -2.22. The van der Waals surface area contributed by atoms with E-state index in [1.807, 2.05) is 24.3 Å². The van der Waals surface area contributed by atoms with Gasteiger partial charge in [0.1, 0.15) is 5.75 Å². The number of ether oxygens (including phenoxy) is 1. The lowest BCUT2D eigenvalue weighted by molar-refractivity contribution is 0.193. The minimum Gasteiger partial charge on any atom is -0.493 e. The predicted molar refractivity (Wildman–Crippen MR) is 45.1 cm³/mol. The van der Waals surface area contributed by atoms with Gasteiger partial charge in [0.2, 0.25) is 0 Å². The quantitative estimate of drug-likeness (QED) is 0.621. The molecule has 64 valence electrons. The first-order valence-electron chi connectivity index (χ1n) is 4.17. The number of para-hydroxylation sites is 1. The molecule has 0 saturated carbocycles. The summed E-state index contributed by atoms with van der Waals surface area (Å²) in [6.45, 7) is 0.238. The number of fused-ring (bicyclic) bond motifs is 1. The maximum atomic E-state index is 12.3. The Labute approximate surface area is 71.2 Å². The molecule has 0 bridgehead atoms. The van der Waals surface area contributed by atoms with Crippen molar-refractivity contribution in [3.63, 3.8) is 0 Å². The van der Waals surface area contributed by atoms with Crippen LogP contribution in [0.2, 0.25) is 0 Å². The van der Waals surface area contributed by atoms with E-state index >= 15 is 0 Å². The summed E-state index contributed by atoms with van der Waals surface area (Å²) in [4.78, 5) is 0. The fourth-order valence-electron chi connectivity index (χ4n) is 1.49. The first kappa shape index (κ1) is 7.59. The number of rotatable bonds is 1. The van der Waals surface area contributed by atoms with Gasteiger partial charge in [0, 0.05) is 5.92 Å². The normalized spacial score (nSPS) is 21.2. The van der Waals surface area contributed by atoms with E-state index < -0.39 is 0 Å². The van der Waals surface area contributed by atoms with Crippen LogP contribution in [-0.4, -0.2) is 13.3 Å². The van der Waals surface area contributed by atoms with Crippen LogP contribution < -0.4 is 4.74 Å². The zero-order valence-electron chi connectivity index (χ0n) is 6.79. The van der Waals surface area contributed by atoms with Crippen LogP contribution >= 0.6 is 0 Å². The van der Waals surface area contributed by atoms with Gasteiger partial charge >= 0.3 is 0 Å². The third-order valence-electron chi connectivity index (χ3n) is 2.17. The standard InChI is InChI=1S/C10H11FO/c11-6-8-5-9-3-1-2-4-10(9)12-7-8/h1-4,8H,5-7H2. The molecular formula is C10H11FO. The second-order valence-electron chi connectivity index (χ2n) is 3.14. The van der Waals surface area contributed by atoms with Crippen LogP contribution in [0, 0.1) is 5.92 Å². The molecule has 1 nitrogen and oxygen atoms in total. The number of hydrogen-bond acceptors (Lipinski definition) is 1. The lowest BCUT2D eigenvalue weighted by atomic mass is 9.98. The molecule has 1 atom stereocenters. The predicted octanol–water partition coefficient (Wildman–Crippen LogP) is 2.21. The second-order valence-corrected chi connectivity index (χ2v) is 3.14. The van der Waals surface area contributed by atoms with E-state index in [1.54, 1.807) is 0 Å². The van der Waals surface area contributed by atoms with Gasteiger partial charge in [-0.1, -0.05) is 18.2 Å². The average Bonchev–Trinajstić information content (AvgIpc) is 2.17. The van der Waals surface area contributed by atoms with Gasteiger partial charge in [-0.25, -0.2) is 0 Å². The molecule has 1 aliphatic heterocycles. The molecule has 1 aliphatic rings. The molecule has 1 unspecified atom stereocenters. The summed E-state index contributed by atoms with van der Waals surface area (Å²) in [6.07, 6.45) is 0.812. The van der Waals surface area contributed by atoms with Gasteiger partial charge in [-0.3, -0.25) is 4.39 Å². The number of alkyl halides is 1. The maximum Gasteiger partial charge on any atom is 0.122 e. The second kappa shape index (κ2) is 3.13. The van der Waals surface area contributed by atoms with E-state index in [0.29, 0.717) is 6.61 Å². The first-order valence-corrected chi connectivity index (χ1v) is 4.17. The highest BCUT2D eigenvalue weighted by Gasteiger charge is 2.18. The van der Waals surface area contributed by atoms with Crippen molar-refractivity contribution >= 4 is 0 Å². The van der Waals surface area contributed by atoms with Gasteiger partial charge in [-0.05, 0) is 18.1 Å². The monoisotopic (exact) mass is 166 g/mol. The molecular weight excluding hydrogens is 155 g/mol. The van der Waals surface area contributed by atoms with Crippen molar-refractivity contribution in [2.75, 3.05) is 13.3 Å². The number of hydrogen-bond donors (Lipinski definition) is 0. The Hall–Kier alpha value is -1.05. The Bertz CT molecular complexity index is 272. The summed E-state index contributed by atoms with van der Waals surface area (Å²) in [5.74, 6) is 0.974. The van der Waals surface area contributed by atoms with Crippen molar-refractivity contribution in [1.82, 2.24) is 0 Å². The van der Waals surface area contributed by atoms with Crippen LogP contribution in [0.3, 0.4) is 0 Å². The molecule has 0 radical (unpaired) electrons. The molecule has 12 heavy (non-hydrogen) atoms. The molecule has 0 amide bonds. The minimum absolute atomic E-state index is 0.0555. The third kappa shape index (κ3) is 1.29. The number of halogens is 1. The van der Waals surface area contributed by atoms with Crippen molar-refractivity contribution < 1.29 is 9.13 Å². The fourth-order valence-corrected chi connectivity index (χ4v) is 1.49.